The van der Waals surface area contributed by atoms with Gasteiger partial charge in [-0.25, -0.2) is 9.97 Å². The molecule has 22 nitrogen and oxygen atoms in total. The summed E-state index contributed by atoms with van der Waals surface area (Å²) in [6, 6.07) is 31.3. The minimum absolute atomic E-state index is 0.0107. The molecule has 89 heavy (non-hydrogen) atoms. The lowest BCUT2D eigenvalue weighted by molar-refractivity contribution is -0.385. The summed E-state index contributed by atoms with van der Waals surface area (Å²) in [6.45, 7) is 15.9. The maximum atomic E-state index is 13.4. The Morgan fingerprint density at radius 2 is 0.820 bits per heavy atom. The van der Waals surface area contributed by atoms with Crippen LogP contribution in [0.2, 0.25) is 0 Å². The number of nitro benzene ring substituents is 2. The number of nitrogens with one attached hydrogen (secondary N) is 2. The van der Waals surface area contributed by atoms with E-state index in [1.165, 1.54) is 30.3 Å². The largest absolute Gasteiger partial charge is 0.355 e. The first kappa shape index (κ1) is 63.9. The SMILES string of the molecule is Cc1cc(Nc2c(C)cc(C)c(Cc3nc(Cc4ccc([N+](=O)[O-])cc4)nc(N(C)C)n3)c2C)ccc1C(c1ccc(Nc2c(C)cc(C)c(Cc3nc(Cc4ccc([N+](=O)[O-])cc4)nc(N(C)C)n3)c2C)cc1C)c1ccc(S(=O)(=O)O)cc1S(=O)(=O)O. The molecule has 0 bridgehead atoms. The maximum absolute atomic E-state index is 13.4. The normalized spacial score (nSPS) is 11.7. The summed E-state index contributed by atoms with van der Waals surface area (Å²) in [5.74, 6) is 2.12. The molecular weight excluding hydrogens is 1170 g/mol. The van der Waals surface area contributed by atoms with Crippen molar-refractivity contribution < 1.29 is 35.8 Å². The molecule has 2 aromatic heterocycles. The number of nitrogens with zero attached hydrogens (tertiary/aromatic N) is 10. The first-order valence-corrected chi connectivity index (χ1v) is 31.1. The molecule has 9 rings (SSSR count). The fourth-order valence-corrected chi connectivity index (χ4v) is 12.6. The van der Waals surface area contributed by atoms with Gasteiger partial charge in [0.1, 0.15) is 23.3 Å². The van der Waals surface area contributed by atoms with Crippen LogP contribution < -0.4 is 20.4 Å². The van der Waals surface area contributed by atoms with Crippen LogP contribution in [0.1, 0.15) is 113 Å². The van der Waals surface area contributed by atoms with E-state index < -0.39 is 45.8 Å². The molecule has 4 N–H and O–H groups in total. The Morgan fingerprint density at radius 1 is 0.449 bits per heavy atom. The van der Waals surface area contributed by atoms with Crippen molar-refractivity contribution in [2.75, 3.05) is 48.6 Å². The minimum atomic E-state index is -5.11. The predicted octanol–water partition coefficient (Wildman–Crippen LogP) is 12.0. The van der Waals surface area contributed by atoms with E-state index >= 15 is 0 Å². The zero-order chi connectivity index (χ0) is 64.6. The zero-order valence-corrected chi connectivity index (χ0v) is 53.0. The van der Waals surface area contributed by atoms with Gasteiger partial charge in [0.05, 0.1) is 19.6 Å². The maximum Gasteiger partial charge on any atom is 0.294 e. The molecule has 7 aromatic carbocycles. The minimum Gasteiger partial charge on any atom is -0.355 e. The number of hydrogen-bond acceptors (Lipinski definition) is 18. The lowest BCUT2D eigenvalue weighted by Crippen LogP contribution is -2.17. The molecule has 0 fully saturated rings. The number of aryl methyl sites for hydroxylation is 6. The third-order valence-electron chi connectivity index (χ3n) is 15.8. The summed E-state index contributed by atoms with van der Waals surface area (Å²) >= 11 is 0. The molecule has 0 unspecified atom stereocenters. The van der Waals surface area contributed by atoms with Crippen LogP contribution in [0.4, 0.5) is 46.0 Å². The highest BCUT2D eigenvalue weighted by Crippen LogP contribution is 2.42. The van der Waals surface area contributed by atoms with Gasteiger partial charge >= 0.3 is 0 Å². The molecule has 0 saturated carbocycles. The van der Waals surface area contributed by atoms with Gasteiger partial charge in [-0.15, -0.1) is 0 Å². The fraction of sp³-hybridized carbons (Fsp3) is 0.262. The molecule has 9 aromatic rings. The lowest BCUT2D eigenvalue weighted by Gasteiger charge is -2.26. The average molecular weight is 1240 g/mol. The first-order valence-electron chi connectivity index (χ1n) is 28.2. The Balaban J connectivity index is 1.05. The Labute approximate surface area is 517 Å². The number of rotatable bonds is 21. The molecule has 0 radical (unpaired) electrons. The summed E-state index contributed by atoms with van der Waals surface area (Å²) in [6.07, 6.45) is 1.39. The van der Waals surface area contributed by atoms with Crippen molar-refractivity contribution in [3.63, 3.8) is 0 Å². The van der Waals surface area contributed by atoms with Crippen molar-refractivity contribution in [3.05, 3.63) is 242 Å². The van der Waals surface area contributed by atoms with Gasteiger partial charge in [0, 0.05) is 107 Å². The predicted molar refractivity (Wildman–Crippen MR) is 343 cm³/mol. The lowest BCUT2D eigenvalue weighted by atomic mass is 9.81. The van der Waals surface area contributed by atoms with E-state index in [4.69, 9.17) is 19.9 Å². The van der Waals surface area contributed by atoms with Crippen LogP contribution in [0.15, 0.2) is 125 Å². The molecule has 0 atom stereocenters. The number of benzene rings is 7. The van der Waals surface area contributed by atoms with Gasteiger partial charge in [-0.3, -0.25) is 29.3 Å². The second kappa shape index (κ2) is 25.6. The fourth-order valence-electron chi connectivity index (χ4n) is 11.2. The molecule has 24 heteroatoms. The van der Waals surface area contributed by atoms with E-state index in [0.29, 0.717) is 83.4 Å². The van der Waals surface area contributed by atoms with Crippen LogP contribution in [-0.2, 0) is 45.9 Å². The molecule has 0 saturated heterocycles. The van der Waals surface area contributed by atoms with Crippen molar-refractivity contribution >= 4 is 66.3 Å². The molecule has 0 aliphatic carbocycles. The first-order chi connectivity index (χ1) is 41.9. The van der Waals surface area contributed by atoms with Crippen LogP contribution in [-0.4, -0.2) is 93.9 Å². The van der Waals surface area contributed by atoms with Crippen molar-refractivity contribution in [2.24, 2.45) is 0 Å². The van der Waals surface area contributed by atoms with Crippen LogP contribution in [0, 0.1) is 75.6 Å². The highest BCUT2D eigenvalue weighted by Gasteiger charge is 2.30. The topological polar surface area (TPSA) is 303 Å². The summed E-state index contributed by atoms with van der Waals surface area (Å²) in [5, 5.41) is 29.9. The second-order valence-corrected chi connectivity index (χ2v) is 25.5. The van der Waals surface area contributed by atoms with E-state index in [9.17, 15) is 46.2 Å². The number of hydrogen-bond donors (Lipinski definition) is 4. The smallest absolute Gasteiger partial charge is 0.294 e. The Morgan fingerprint density at radius 3 is 1.16 bits per heavy atom. The third kappa shape index (κ3) is 14.5. The number of anilines is 6. The number of non-ortho nitro benzene ring substituents is 2. The Bertz CT molecular complexity index is 4280. The van der Waals surface area contributed by atoms with E-state index in [1.54, 1.807) is 34.1 Å². The Kier molecular flexibility index (Phi) is 18.4. The quantitative estimate of drug-likeness (QED) is 0.0225. The van der Waals surface area contributed by atoms with Crippen LogP contribution in [0.25, 0.3) is 0 Å². The van der Waals surface area contributed by atoms with E-state index in [2.05, 4.69) is 32.7 Å². The van der Waals surface area contributed by atoms with E-state index in [-0.39, 0.29) is 16.9 Å². The molecule has 0 aliphatic heterocycles. The van der Waals surface area contributed by atoms with E-state index in [1.807, 2.05) is 120 Å². The molecule has 460 valence electrons. The standard InChI is InChI=1S/C65H68N12O10S2/c1-36-27-40(5)62(42(7)54(36)34-59-68-57(70-64(72-59)74(9)10)31-44-13-19-48(20-14-44)76(78)79)66-46-17-24-51(38(3)29-46)61(53-26-23-50(88(82,83)84)33-56(53)89(85,86)87)52-25-18-47(30-39(52)4)67-63-41(6)28-37(2)55(43(63)8)35-60-69-58(71-65(73-60)75(11)12)32-45-15-21-49(22-16-45)77(80)81/h13-30,33,61,66-67H,31-32,34-35H2,1-12H3,(H,82,83,84)(H,85,86,87). The van der Waals surface area contributed by atoms with E-state index in [0.717, 1.165) is 90.3 Å². The molecule has 0 aliphatic rings. The third-order valence-corrected chi connectivity index (χ3v) is 17.5. The van der Waals surface area contributed by atoms with Crippen LogP contribution in [0.5, 0.6) is 0 Å². The zero-order valence-electron chi connectivity index (χ0n) is 51.3. The van der Waals surface area contributed by atoms with Gasteiger partial charge in [0.2, 0.25) is 11.9 Å². The highest BCUT2D eigenvalue weighted by atomic mass is 32.2. The number of nitro groups is 2. The van der Waals surface area contributed by atoms with Crippen molar-refractivity contribution in [1.82, 2.24) is 29.9 Å². The summed E-state index contributed by atoms with van der Waals surface area (Å²) < 4.78 is 72.6. The van der Waals surface area contributed by atoms with Crippen molar-refractivity contribution in [3.8, 4) is 0 Å². The van der Waals surface area contributed by atoms with Crippen LogP contribution >= 0.6 is 0 Å². The van der Waals surface area contributed by atoms with Crippen LogP contribution in [0.3, 0.4) is 0 Å². The molecular formula is C65H68N12O10S2. The van der Waals surface area contributed by atoms with Crippen molar-refractivity contribution in [1.29, 1.82) is 0 Å². The molecule has 2 heterocycles. The second-order valence-electron chi connectivity index (χ2n) is 22.7. The monoisotopic (exact) mass is 1240 g/mol. The van der Waals surface area contributed by atoms with Gasteiger partial charge in [0.15, 0.2) is 0 Å². The molecule has 0 amide bonds. The van der Waals surface area contributed by atoms with Gasteiger partial charge < -0.3 is 20.4 Å². The summed E-state index contributed by atoms with van der Waals surface area (Å²) in [7, 11) is -2.63. The van der Waals surface area contributed by atoms with Gasteiger partial charge in [-0.05, 0) is 175 Å². The molecule has 0 spiro atoms. The summed E-state index contributed by atoms with van der Waals surface area (Å²) in [5.41, 5.74) is 15.3. The van der Waals surface area contributed by atoms with Gasteiger partial charge in [-0.2, -0.15) is 36.8 Å². The summed E-state index contributed by atoms with van der Waals surface area (Å²) in [4.78, 5) is 52.6. The number of aromatic nitrogens is 6. The van der Waals surface area contributed by atoms with Gasteiger partial charge in [-0.1, -0.05) is 54.6 Å². The van der Waals surface area contributed by atoms with Crippen molar-refractivity contribution in [2.45, 2.75) is 96.8 Å². The van der Waals surface area contributed by atoms with Gasteiger partial charge in [0.25, 0.3) is 31.6 Å². The average Bonchev–Trinajstić information content (AvgIpc) is 0.823. The Hall–Kier alpha value is -9.62. The highest BCUT2D eigenvalue weighted by molar-refractivity contribution is 7.86.